The zero-order chi connectivity index (χ0) is 13.0. The third-order valence-electron chi connectivity index (χ3n) is 3.87. The molecule has 1 N–H and O–H groups in total. The summed E-state index contributed by atoms with van der Waals surface area (Å²) in [6.45, 7) is 0. The van der Waals surface area contributed by atoms with Crippen molar-refractivity contribution in [1.29, 1.82) is 0 Å². The number of para-hydroxylation sites is 1. The lowest BCUT2D eigenvalue weighted by atomic mass is 10.1. The van der Waals surface area contributed by atoms with Crippen LogP contribution in [-0.2, 0) is 18.3 Å². The first-order chi connectivity index (χ1) is 9.25. The zero-order valence-corrected chi connectivity index (χ0v) is 10.6. The standard InChI is InChI=1S/C15H13N3O/c1-18-12-5-3-2-4-9(12)10-8-16-11-6-7-13(19)17-14(11)15(10)18/h2-5,8H,6-7H2,1H3,(H,17,19). The van der Waals surface area contributed by atoms with Gasteiger partial charge in [-0.25, -0.2) is 0 Å². The number of anilines is 1. The molecule has 4 heteroatoms. The van der Waals surface area contributed by atoms with Crippen molar-refractivity contribution in [3.05, 3.63) is 36.2 Å². The van der Waals surface area contributed by atoms with Gasteiger partial charge in [-0.2, -0.15) is 0 Å². The average molecular weight is 251 g/mol. The molecule has 0 fully saturated rings. The van der Waals surface area contributed by atoms with Crippen molar-refractivity contribution in [2.24, 2.45) is 7.05 Å². The number of hydrogen-bond donors (Lipinski definition) is 1. The molecule has 1 aliphatic rings. The highest BCUT2D eigenvalue weighted by molar-refractivity contribution is 6.14. The van der Waals surface area contributed by atoms with Crippen molar-refractivity contribution in [1.82, 2.24) is 9.55 Å². The molecule has 2 aromatic heterocycles. The Hall–Kier alpha value is -2.36. The lowest BCUT2D eigenvalue weighted by Gasteiger charge is -2.17. The number of benzene rings is 1. The Labute approximate surface area is 110 Å². The summed E-state index contributed by atoms with van der Waals surface area (Å²) in [6.07, 6.45) is 3.17. The predicted octanol–water partition coefficient (Wildman–Crippen LogP) is 2.61. The highest BCUT2D eigenvalue weighted by Gasteiger charge is 2.21. The van der Waals surface area contributed by atoms with Crippen LogP contribution in [0.15, 0.2) is 30.5 Å². The molecule has 1 amide bonds. The number of nitrogens with zero attached hydrogens (tertiary/aromatic N) is 2. The molecule has 4 nitrogen and oxygen atoms in total. The van der Waals surface area contributed by atoms with E-state index in [-0.39, 0.29) is 5.91 Å². The molecule has 4 rings (SSSR count). The molecule has 3 aromatic rings. The van der Waals surface area contributed by atoms with E-state index in [9.17, 15) is 4.79 Å². The average Bonchev–Trinajstić information content (AvgIpc) is 2.73. The van der Waals surface area contributed by atoms with Crippen molar-refractivity contribution in [3.63, 3.8) is 0 Å². The number of carbonyl (C=O) groups is 1. The van der Waals surface area contributed by atoms with Crippen LogP contribution >= 0.6 is 0 Å². The van der Waals surface area contributed by atoms with Gasteiger partial charge in [-0.3, -0.25) is 9.78 Å². The Balaban J connectivity index is 2.20. The fraction of sp³-hybridized carbons (Fsp3) is 0.200. The van der Waals surface area contributed by atoms with Crippen LogP contribution in [0.5, 0.6) is 0 Å². The lowest BCUT2D eigenvalue weighted by molar-refractivity contribution is -0.116. The molecule has 19 heavy (non-hydrogen) atoms. The van der Waals surface area contributed by atoms with Crippen molar-refractivity contribution in [2.45, 2.75) is 12.8 Å². The Kier molecular flexibility index (Phi) is 1.98. The summed E-state index contributed by atoms with van der Waals surface area (Å²) in [6, 6.07) is 8.24. The second-order valence-electron chi connectivity index (χ2n) is 4.97. The highest BCUT2D eigenvalue weighted by Crippen LogP contribution is 2.35. The van der Waals surface area contributed by atoms with Crippen molar-refractivity contribution >= 4 is 33.4 Å². The summed E-state index contributed by atoms with van der Waals surface area (Å²) >= 11 is 0. The van der Waals surface area contributed by atoms with Crippen LogP contribution in [0.2, 0.25) is 0 Å². The van der Waals surface area contributed by atoms with E-state index in [1.807, 2.05) is 25.4 Å². The maximum absolute atomic E-state index is 11.6. The largest absolute Gasteiger partial charge is 0.342 e. The predicted molar refractivity (Wildman–Crippen MR) is 75.2 cm³/mol. The minimum Gasteiger partial charge on any atom is -0.342 e. The molecule has 1 aromatic carbocycles. The quantitative estimate of drug-likeness (QED) is 0.667. The van der Waals surface area contributed by atoms with Crippen LogP contribution in [0, 0.1) is 0 Å². The van der Waals surface area contributed by atoms with Gasteiger partial charge >= 0.3 is 0 Å². The van der Waals surface area contributed by atoms with Gasteiger partial charge in [-0.15, -0.1) is 0 Å². The van der Waals surface area contributed by atoms with Crippen LogP contribution in [0.25, 0.3) is 21.8 Å². The molecule has 0 saturated carbocycles. The van der Waals surface area contributed by atoms with Crippen molar-refractivity contribution in [2.75, 3.05) is 5.32 Å². The Morgan fingerprint density at radius 2 is 2.05 bits per heavy atom. The van der Waals surface area contributed by atoms with Crippen LogP contribution in [-0.4, -0.2) is 15.5 Å². The molecule has 94 valence electrons. The van der Waals surface area contributed by atoms with Crippen LogP contribution in [0.3, 0.4) is 0 Å². The van der Waals surface area contributed by atoms with Crippen LogP contribution in [0.1, 0.15) is 12.1 Å². The van der Waals surface area contributed by atoms with E-state index in [1.54, 1.807) is 0 Å². The van der Waals surface area contributed by atoms with Crippen LogP contribution < -0.4 is 5.32 Å². The minimum absolute atomic E-state index is 0.0760. The Bertz CT molecular complexity index is 832. The number of carbonyl (C=O) groups excluding carboxylic acids is 1. The van der Waals surface area contributed by atoms with Gasteiger partial charge in [0, 0.05) is 42.4 Å². The smallest absolute Gasteiger partial charge is 0.224 e. The number of pyridine rings is 1. The molecule has 1 aliphatic heterocycles. The summed E-state index contributed by atoms with van der Waals surface area (Å²) < 4.78 is 2.14. The van der Waals surface area contributed by atoms with Gasteiger partial charge < -0.3 is 9.88 Å². The molecule has 0 aliphatic carbocycles. The number of aryl methyl sites for hydroxylation is 2. The zero-order valence-electron chi connectivity index (χ0n) is 10.6. The maximum atomic E-state index is 11.6. The van der Waals surface area contributed by atoms with Crippen LogP contribution in [0.4, 0.5) is 5.69 Å². The van der Waals surface area contributed by atoms with E-state index < -0.39 is 0 Å². The minimum atomic E-state index is 0.0760. The monoisotopic (exact) mass is 251 g/mol. The topological polar surface area (TPSA) is 46.9 Å². The number of amides is 1. The molecule has 0 radical (unpaired) electrons. The second-order valence-corrected chi connectivity index (χ2v) is 4.97. The number of fused-ring (bicyclic) bond motifs is 5. The third-order valence-corrected chi connectivity index (χ3v) is 3.87. The number of rotatable bonds is 0. The fourth-order valence-corrected chi connectivity index (χ4v) is 2.95. The Morgan fingerprint density at radius 3 is 2.95 bits per heavy atom. The first kappa shape index (κ1) is 10.6. The van der Waals surface area contributed by atoms with Crippen molar-refractivity contribution < 1.29 is 4.79 Å². The SMILES string of the molecule is Cn1c2ccccc2c2cnc3c(c21)NC(=O)CC3. The van der Waals surface area contributed by atoms with E-state index in [4.69, 9.17) is 0 Å². The van der Waals surface area contributed by atoms with E-state index in [0.717, 1.165) is 34.2 Å². The summed E-state index contributed by atoms with van der Waals surface area (Å²) in [5.74, 6) is 0.0760. The van der Waals surface area contributed by atoms with Crippen molar-refractivity contribution in [3.8, 4) is 0 Å². The van der Waals surface area contributed by atoms with E-state index >= 15 is 0 Å². The molecule has 0 bridgehead atoms. The number of nitrogens with one attached hydrogen (secondary N) is 1. The van der Waals surface area contributed by atoms with Gasteiger partial charge in [0.1, 0.15) is 0 Å². The molecule has 3 heterocycles. The molecule has 0 spiro atoms. The summed E-state index contributed by atoms with van der Waals surface area (Å²) in [4.78, 5) is 16.2. The maximum Gasteiger partial charge on any atom is 0.224 e. The highest BCUT2D eigenvalue weighted by atomic mass is 16.1. The molecular weight excluding hydrogens is 238 g/mol. The van der Waals surface area contributed by atoms with Gasteiger partial charge in [0.25, 0.3) is 0 Å². The summed E-state index contributed by atoms with van der Waals surface area (Å²) in [5.41, 5.74) is 4.09. The van der Waals surface area contributed by atoms with E-state index in [2.05, 4.69) is 27.0 Å². The normalized spacial score (nSPS) is 14.7. The summed E-state index contributed by atoms with van der Waals surface area (Å²) in [5, 5.41) is 5.25. The molecule has 0 atom stereocenters. The number of aromatic nitrogens is 2. The summed E-state index contributed by atoms with van der Waals surface area (Å²) in [7, 11) is 2.03. The first-order valence-electron chi connectivity index (χ1n) is 6.40. The van der Waals surface area contributed by atoms with Gasteiger partial charge in [0.05, 0.1) is 16.9 Å². The van der Waals surface area contributed by atoms with Gasteiger partial charge in [-0.05, 0) is 6.07 Å². The van der Waals surface area contributed by atoms with Gasteiger partial charge in [0.2, 0.25) is 5.91 Å². The first-order valence-corrected chi connectivity index (χ1v) is 6.40. The third kappa shape index (κ3) is 1.34. The molecule has 0 saturated heterocycles. The second kappa shape index (κ2) is 3.57. The van der Waals surface area contributed by atoms with Gasteiger partial charge in [0.15, 0.2) is 0 Å². The fourth-order valence-electron chi connectivity index (χ4n) is 2.95. The number of hydrogen-bond acceptors (Lipinski definition) is 2. The Morgan fingerprint density at radius 1 is 1.21 bits per heavy atom. The lowest BCUT2D eigenvalue weighted by Crippen LogP contribution is -2.20. The van der Waals surface area contributed by atoms with E-state index in [0.29, 0.717) is 6.42 Å². The molecule has 0 unspecified atom stereocenters. The van der Waals surface area contributed by atoms with E-state index in [1.165, 1.54) is 5.39 Å². The van der Waals surface area contributed by atoms with Gasteiger partial charge in [-0.1, -0.05) is 18.2 Å². The molecular formula is C15H13N3O.